The molecule has 0 aliphatic heterocycles. The Balaban J connectivity index is 1.97. The van der Waals surface area contributed by atoms with Gasteiger partial charge >= 0.3 is 12.0 Å². The molecular formula is C13H20N4O3S. The maximum Gasteiger partial charge on any atom is 0.322 e. The van der Waals surface area contributed by atoms with Crippen LogP contribution in [0.15, 0.2) is 5.16 Å². The van der Waals surface area contributed by atoms with Gasteiger partial charge in [0.15, 0.2) is 5.16 Å². The standard InChI is InChI=1S/C13H20N4O3S/c1-8(2)20-11-15-10(14)16-12(17-11)21-7-13(4-5-13)6-9(18)19-3/h8H,4-7H2,1-3H3,(H2,14,15,16,17). The smallest absolute Gasteiger partial charge is 0.322 e. The highest BCUT2D eigenvalue weighted by atomic mass is 32.2. The zero-order chi connectivity index (χ0) is 15.5. The van der Waals surface area contributed by atoms with E-state index in [1.54, 1.807) is 0 Å². The van der Waals surface area contributed by atoms with Crippen LogP contribution in [0.3, 0.4) is 0 Å². The molecular weight excluding hydrogens is 292 g/mol. The SMILES string of the molecule is COC(=O)CC1(CSc2nc(N)nc(OC(C)C)n2)CC1. The van der Waals surface area contributed by atoms with E-state index in [9.17, 15) is 4.79 Å². The zero-order valence-corrected chi connectivity index (χ0v) is 13.3. The summed E-state index contributed by atoms with van der Waals surface area (Å²) in [4.78, 5) is 23.7. The Kier molecular flexibility index (Phi) is 4.87. The molecule has 116 valence electrons. The summed E-state index contributed by atoms with van der Waals surface area (Å²) in [6.07, 6.45) is 2.45. The first kappa shape index (κ1) is 15.8. The maximum atomic E-state index is 11.4. The molecule has 1 aromatic rings. The average Bonchev–Trinajstić information content (AvgIpc) is 3.15. The summed E-state index contributed by atoms with van der Waals surface area (Å²) in [5.74, 6) is 0.722. The van der Waals surface area contributed by atoms with E-state index in [1.807, 2.05) is 13.8 Å². The van der Waals surface area contributed by atoms with Gasteiger partial charge in [0.1, 0.15) is 0 Å². The Bertz CT molecular complexity index is 520. The van der Waals surface area contributed by atoms with E-state index in [4.69, 9.17) is 15.2 Å². The van der Waals surface area contributed by atoms with Crippen LogP contribution >= 0.6 is 11.8 Å². The molecule has 0 unspecified atom stereocenters. The maximum absolute atomic E-state index is 11.4. The van der Waals surface area contributed by atoms with Crippen molar-refractivity contribution in [3.05, 3.63) is 0 Å². The summed E-state index contributed by atoms with van der Waals surface area (Å²) in [7, 11) is 1.41. The van der Waals surface area contributed by atoms with Crippen molar-refractivity contribution < 1.29 is 14.3 Å². The molecule has 1 heterocycles. The molecule has 1 aliphatic carbocycles. The number of hydrogen-bond donors (Lipinski definition) is 1. The fourth-order valence-corrected chi connectivity index (χ4v) is 2.95. The Morgan fingerprint density at radius 1 is 1.38 bits per heavy atom. The number of esters is 1. The Hall–Kier alpha value is -1.57. The first-order valence-corrected chi connectivity index (χ1v) is 7.79. The van der Waals surface area contributed by atoms with E-state index in [1.165, 1.54) is 18.9 Å². The zero-order valence-electron chi connectivity index (χ0n) is 12.5. The minimum Gasteiger partial charge on any atom is -0.469 e. The second-order valence-electron chi connectivity index (χ2n) is 5.47. The lowest BCUT2D eigenvalue weighted by molar-refractivity contribution is -0.141. The number of ether oxygens (including phenoxy) is 2. The van der Waals surface area contributed by atoms with Crippen molar-refractivity contribution in [3.63, 3.8) is 0 Å². The minimum atomic E-state index is -0.174. The van der Waals surface area contributed by atoms with Crippen molar-refractivity contribution in [2.45, 2.75) is 44.4 Å². The van der Waals surface area contributed by atoms with Gasteiger partial charge in [-0.2, -0.15) is 15.0 Å². The van der Waals surface area contributed by atoms with Crippen molar-refractivity contribution in [1.29, 1.82) is 0 Å². The van der Waals surface area contributed by atoms with Crippen LogP contribution in [-0.4, -0.2) is 39.9 Å². The van der Waals surface area contributed by atoms with Gasteiger partial charge in [-0.25, -0.2) is 0 Å². The Labute approximate surface area is 128 Å². The monoisotopic (exact) mass is 312 g/mol. The molecule has 8 heteroatoms. The molecule has 2 N–H and O–H groups in total. The number of anilines is 1. The van der Waals surface area contributed by atoms with E-state index in [0.29, 0.717) is 11.6 Å². The third kappa shape index (κ3) is 4.73. The number of rotatable bonds is 7. The highest BCUT2D eigenvalue weighted by Gasteiger charge is 2.44. The van der Waals surface area contributed by atoms with Crippen molar-refractivity contribution in [3.8, 4) is 6.01 Å². The molecule has 0 radical (unpaired) electrons. The molecule has 1 fully saturated rings. The first-order chi connectivity index (χ1) is 9.92. The fourth-order valence-electron chi connectivity index (χ4n) is 1.83. The largest absolute Gasteiger partial charge is 0.469 e. The Morgan fingerprint density at radius 2 is 2.10 bits per heavy atom. The predicted molar refractivity (Wildman–Crippen MR) is 79.0 cm³/mol. The normalized spacial score (nSPS) is 15.8. The number of carbonyl (C=O) groups excluding carboxylic acids is 1. The molecule has 0 spiro atoms. The summed E-state index contributed by atoms with van der Waals surface area (Å²) in [6.45, 7) is 3.78. The van der Waals surface area contributed by atoms with E-state index in [0.717, 1.165) is 18.6 Å². The first-order valence-electron chi connectivity index (χ1n) is 6.80. The number of aromatic nitrogens is 3. The molecule has 0 aromatic carbocycles. The van der Waals surface area contributed by atoms with Gasteiger partial charge in [-0.15, -0.1) is 0 Å². The molecule has 1 aliphatic rings. The van der Waals surface area contributed by atoms with Crippen molar-refractivity contribution in [2.75, 3.05) is 18.6 Å². The molecule has 0 amide bonds. The molecule has 1 aromatic heterocycles. The summed E-state index contributed by atoms with van der Waals surface area (Å²) in [5.41, 5.74) is 5.67. The third-order valence-corrected chi connectivity index (χ3v) is 4.36. The van der Waals surface area contributed by atoms with Gasteiger partial charge in [0, 0.05) is 5.75 Å². The lowest BCUT2D eigenvalue weighted by Gasteiger charge is -2.13. The number of hydrogen-bond acceptors (Lipinski definition) is 8. The summed E-state index contributed by atoms with van der Waals surface area (Å²) >= 11 is 1.47. The summed E-state index contributed by atoms with van der Waals surface area (Å²) in [6, 6.07) is 0.234. The predicted octanol–water partition coefficient (Wildman–Crippen LogP) is 1.68. The number of nitrogens with two attached hydrogens (primary N) is 1. The molecule has 2 rings (SSSR count). The minimum absolute atomic E-state index is 0.0121. The number of nitrogen functional groups attached to an aromatic ring is 1. The topological polar surface area (TPSA) is 100 Å². The van der Waals surface area contributed by atoms with Crippen LogP contribution in [-0.2, 0) is 9.53 Å². The quantitative estimate of drug-likeness (QED) is 0.599. The van der Waals surface area contributed by atoms with Gasteiger partial charge in [-0.05, 0) is 32.1 Å². The average molecular weight is 312 g/mol. The van der Waals surface area contributed by atoms with Gasteiger partial charge in [0.05, 0.1) is 19.6 Å². The van der Waals surface area contributed by atoms with Gasteiger partial charge in [-0.1, -0.05) is 11.8 Å². The van der Waals surface area contributed by atoms with Crippen LogP contribution in [0, 0.1) is 5.41 Å². The van der Waals surface area contributed by atoms with Crippen LogP contribution in [0.4, 0.5) is 5.95 Å². The Morgan fingerprint density at radius 3 is 2.67 bits per heavy atom. The second-order valence-corrected chi connectivity index (χ2v) is 6.41. The van der Waals surface area contributed by atoms with Crippen LogP contribution in [0.25, 0.3) is 0 Å². The fraction of sp³-hybridized carbons (Fsp3) is 0.692. The molecule has 0 bridgehead atoms. The lowest BCUT2D eigenvalue weighted by atomic mass is 10.1. The third-order valence-electron chi connectivity index (χ3n) is 3.16. The highest BCUT2D eigenvalue weighted by Crippen LogP contribution is 2.51. The van der Waals surface area contributed by atoms with Crippen LogP contribution in [0.5, 0.6) is 6.01 Å². The number of carbonyl (C=O) groups is 1. The number of nitrogens with zero attached hydrogens (tertiary/aromatic N) is 3. The molecule has 0 atom stereocenters. The van der Waals surface area contributed by atoms with Crippen molar-refractivity contribution in [1.82, 2.24) is 15.0 Å². The van der Waals surface area contributed by atoms with E-state index in [-0.39, 0.29) is 29.4 Å². The van der Waals surface area contributed by atoms with Crippen LogP contribution < -0.4 is 10.5 Å². The van der Waals surface area contributed by atoms with Crippen molar-refractivity contribution >= 4 is 23.7 Å². The molecule has 21 heavy (non-hydrogen) atoms. The van der Waals surface area contributed by atoms with Gasteiger partial charge < -0.3 is 15.2 Å². The number of thioether (sulfide) groups is 1. The number of methoxy groups -OCH3 is 1. The molecule has 0 saturated heterocycles. The van der Waals surface area contributed by atoms with E-state index in [2.05, 4.69) is 15.0 Å². The lowest BCUT2D eigenvalue weighted by Crippen LogP contribution is -2.14. The highest BCUT2D eigenvalue weighted by molar-refractivity contribution is 7.99. The van der Waals surface area contributed by atoms with Crippen LogP contribution in [0.1, 0.15) is 33.1 Å². The van der Waals surface area contributed by atoms with Gasteiger partial charge in [0.25, 0.3) is 0 Å². The second kappa shape index (κ2) is 6.46. The summed E-state index contributed by atoms with van der Waals surface area (Å²) < 4.78 is 10.2. The summed E-state index contributed by atoms with van der Waals surface area (Å²) in [5, 5.41) is 0.522. The molecule has 1 saturated carbocycles. The van der Waals surface area contributed by atoms with E-state index >= 15 is 0 Å². The van der Waals surface area contributed by atoms with Crippen molar-refractivity contribution in [2.24, 2.45) is 5.41 Å². The molecule has 7 nitrogen and oxygen atoms in total. The van der Waals surface area contributed by atoms with Gasteiger partial charge in [0.2, 0.25) is 5.95 Å². The van der Waals surface area contributed by atoms with Gasteiger partial charge in [-0.3, -0.25) is 4.79 Å². The van der Waals surface area contributed by atoms with E-state index < -0.39 is 0 Å². The van der Waals surface area contributed by atoms with Crippen LogP contribution in [0.2, 0.25) is 0 Å².